The van der Waals surface area contributed by atoms with Gasteiger partial charge in [-0.05, 0) is 190 Å². The van der Waals surface area contributed by atoms with E-state index in [4.69, 9.17) is 24.8 Å². The van der Waals surface area contributed by atoms with Crippen LogP contribution in [0.1, 0.15) is 267 Å². The van der Waals surface area contributed by atoms with Crippen molar-refractivity contribution in [1.29, 1.82) is 0 Å². The summed E-state index contributed by atoms with van der Waals surface area (Å²) >= 11 is 0. The second-order valence-corrected chi connectivity index (χ2v) is 37.6. The molecule has 1 saturated carbocycles. The lowest BCUT2D eigenvalue weighted by Gasteiger charge is -2.29. The maximum Gasteiger partial charge on any atom is 0.411 e. The summed E-state index contributed by atoms with van der Waals surface area (Å²) in [5.41, 5.74) is -0.581. The number of Topliss-reactive ketones (excluding diaryl/α,β-unsaturated/α-hetero) is 2. The van der Waals surface area contributed by atoms with Gasteiger partial charge in [0.25, 0.3) is 0 Å². The van der Waals surface area contributed by atoms with E-state index in [9.17, 15) is 81.5 Å². The van der Waals surface area contributed by atoms with Gasteiger partial charge in [0.15, 0.2) is 11.6 Å². The molecule has 12 amide bonds. The highest BCUT2D eigenvalue weighted by atomic mass is 16.6. The molecular formula is C97H172N16O22. The summed E-state index contributed by atoms with van der Waals surface area (Å²) in [5.74, 6) is -7.28. The van der Waals surface area contributed by atoms with E-state index in [1.54, 1.807) is 85.1 Å². The number of carbonyl (C=O) groups excluding carboxylic acids is 14. The van der Waals surface area contributed by atoms with E-state index in [2.05, 4.69) is 69.1 Å². The first-order valence-corrected chi connectivity index (χ1v) is 48.6. The number of likely N-dealkylation sites (tertiary alicyclic amines) is 3. The van der Waals surface area contributed by atoms with Crippen LogP contribution in [0.3, 0.4) is 0 Å². The van der Waals surface area contributed by atoms with Crippen molar-refractivity contribution in [2.45, 2.75) is 352 Å². The lowest BCUT2D eigenvalue weighted by atomic mass is 9.87. The van der Waals surface area contributed by atoms with Crippen LogP contribution in [-0.4, -0.2) is 289 Å². The first kappa shape index (κ1) is 125. The topological polar surface area (TPSA) is 535 Å². The van der Waals surface area contributed by atoms with E-state index in [-0.39, 0.29) is 145 Å². The van der Waals surface area contributed by atoms with Crippen molar-refractivity contribution in [3.05, 3.63) is 36.5 Å². The van der Waals surface area contributed by atoms with Gasteiger partial charge in [0, 0.05) is 83.1 Å². The number of ether oxygens (including phenoxy) is 2. The Morgan fingerprint density at radius 2 is 0.837 bits per heavy atom. The van der Waals surface area contributed by atoms with Crippen LogP contribution < -0.4 is 69.1 Å². The molecular weight excluding hydrogens is 1740 g/mol. The van der Waals surface area contributed by atoms with E-state index >= 15 is 0 Å². The van der Waals surface area contributed by atoms with E-state index in [1.165, 1.54) is 19.0 Å². The third-order valence-corrected chi connectivity index (χ3v) is 23.8. The summed E-state index contributed by atoms with van der Waals surface area (Å²) in [6.45, 7) is 41.3. The number of carbonyl (C=O) groups is 17. The Morgan fingerprint density at radius 3 is 1.20 bits per heavy atom. The molecule has 0 bridgehead atoms. The molecule has 5 aliphatic rings. The minimum Gasteiger partial charge on any atom is -0.481 e. The van der Waals surface area contributed by atoms with Crippen molar-refractivity contribution < 1.29 is 106 Å². The fourth-order valence-corrected chi connectivity index (χ4v) is 15.0. The molecule has 4 heterocycles. The Morgan fingerprint density at radius 1 is 0.430 bits per heavy atom. The van der Waals surface area contributed by atoms with Crippen molar-refractivity contribution in [3.8, 4) is 0 Å². The summed E-state index contributed by atoms with van der Waals surface area (Å²) in [6, 6.07) is -6.06. The number of hydrogen-bond acceptors (Lipinski definition) is 23. The largest absolute Gasteiger partial charge is 0.481 e. The Hall–Kier alpha value is -9.95. The molecule has 5 unspecified atom stereocenters. The number of nitrogens with one attached hydrogen (secondary N) is 13. The summed E-state index contributed by atoms with van der Waals surface area (Å²) in [6.07, 6.45) is 23.0. The first-order valence-electron chi connectivity index (χ1n) is 48.6. The van der Waals surface area contributed by atoms with Gasteiger partial charge in [0.1, 0.15) is 53.9 Å². The summed E-state index contributed by atoms with van der Waals surface area (Å²) in [5, 5.41) is 62.8. The van der Waals surface area contributed by atoms with Crippen molar-refractivity contribution in [2.24, 2.45) is 53.3 Å². The third kappa shape index (κ3) is 47.6. The summed E-state index contributed by atoms with van der Waals surface area (Å²) in [7, 11) is 8.49. The standard InChI is InChI=1S/C26H46N6O6.C24H43N5O4.C18H32N2O3.C11H19NO3.C10H17NO4.C8H15NO2/c1-8-38-26(37)29-14-13-19(22(33)28-7)30-24(35)21(16(2)3)31-23(34)20-10-9-15-32(20)25(36)17(4)11-12-18(5)27-6;1-8-10-18(21(30)26-7)27-23(32)20(15(2)3)28-22(31)19-11-9-14-29(19)24(33)16(4)12-13-17(5)25-6;1-5-8-15(16(21)6-2)20-18(23)13(12(3)4)11-17(22)14-9-7-10-19-14;1-7(2)9(11(14)15)12-10(13)8-5-3-4-6-8;1-10(2,3)15-9(14)11-6-4-5-7(11)8(12)13;1-6(8(10)11)4-5-7(2)9-3/h11-12,16-21,27H,8-10,13-15H2,1-7H3,(H,28,33)(H,29,37)(H,30,35)(H,31,34);12-13,15-20,25H,8-11,14H2,1-7H3,(H,26,30)(H,27,32)(H,28,31);12-15,19H,5-11H2,1-4H3,(H,20,23);7-9H,3-6H2,1-2H3,(H,12,13)(H,14,15);7H,4-6H2,1-3H3,(H,12,13);4-7,9H,1-3H3,(H,10,11)/b12-11+;13-12+;;;;5-4+/t17-,18-,19-,20?,21-;16-,17-,18-,19?,20-;13-,14?,15-;9-;;6-,7?/m0000.0/s1. The van der Waals surface area contributed by atoms with Crippen molar-refractivity contribution in [3.63, 3.8) is 0 Å². The maximum absolute atomic E-state index is 13.2. The zero-order chi connectivity index (χ0) is 103. The van der Waals surface area contributed by atoms with Crippen LogP contribution in [0.4, 0.5) is 9.59 Å². The number of nitrogens with zero attached hydrogens (tertiary/aromatic N) is 3. The van der Waals surface area contributed by atoms with Crippen LogP contribution in [0.2, 0.25) is 0 Å². The van der Waals surface area contributed by atoms with Crippen molar-refractivity contribution >= 4 is 101 Å². The highest BCUT2D eigenvalue weighted by Gasteiger charge is 2.42. The molecule has 17 atom stereocenters. The number of rotatable bonds is 45. The zero-order valence-electron chi connectivity index (χ0n) is 85.8. The molecule has 772 valence electrons. The summed E-state index contributed by atoms with van der Waals surface area (Å²) < 4.78 is 9.93. The van der Waals surface area contributed by atoms with Gasteiger partial charge in [0.05, 0.1) is 36.4 Å². The molecule has 5 rings (SSSR count). The molecule has 0 spiro atoms. The number of carboxylic acids is 3. The van der Waals surface area contributed by atoms with Crippen molar-refractivity contribution in [2.75, 3.05) is 74.6 Å². The van der Waals surface area contributed by atoms with Crippen LogP contribution in [0.5, 0.6) is 0 Å². The first-order chi connectivity index (χ1) is 63.3. The molecule has 0 aromatic carbocycles. The van der Waals surface area contributed by atoms with E-state index in [0.29, 0.717) is 64.6 Å². The molecule has 0 radical (unpaired) electrons. The Labute approximate surface area is 802 Å². The van der Waals surface area contributed by atoms with Crippen LogP contribution in [0, 0.1) is 53.3 Å². The molecule has 4 saturated heterocycles. The van der Waals surface area contributed by atoms with Crippen LogP contribution >= 0.6 is 0 Å². The summed E-state index contributed by atoms with van der Waals surface area (Å²) in [4.78, 5) is 211. The van der Waals surface area contributed by atoms with Gasteiger partial charge in [0.2, 0.25) is 59.1 Å². The highest BCUT2D eigenvalue weighted by molar-refractivity contribution is 5.97. The lowest BCUT2D eigenvalue weighted by molar-refractivity contribution is -0.143. The minimum absolute atomic E-state index is 0.0330. The highest BCUT2D eigenvalue weighted by Crippen LogP contribution is 2.28. The van der Waals surface area contributed by atoms with E-state index < -0.39 is 120 Å². The second-order valence-electron chi connectivity index (χ2n) is 37.6. The van der Waals surface area contributed by atoms with Crippen molar-refractivity contribution in [1.82, 2.24) is 83.8 Å². The van der Waals surface area contributed by atoms with Gasteiger partial charge in [-0.3, -0.25) is 67.2 Å². The molecule has 38 heteroatoms. The fourth-order valence-electron chi connectivity index (χ4n) is 15.0. The zero-order valence-corrected chi connectivity index (χ0v) is 85.8. The van der Waals surface area contributed by atoms with E-state index in [0.717, 1.165) is 70.8 Å². The minimum atomic E-state index is -0.960. The quantitative estimate of drug-likeness (QED) is 0.0268. The van der Waals surface area contributed by atoms with Crippen LogP contribution in [0.25, 0.3) is 0 Å². The van der Waals surface area contributed by atoms with E-state index in [1.807, 2.05) is 128 Å². The van der Waals surface area contributed by atoms with Gasteiger partial charge >= 0.3 is 30.1 Å². The number of amides is 12. The van der Waals surface area contributed by atoms with Gasteiger partial charge in [-0.2, -0.15) is 0 Å². The molecule has 1 aliphatic carbocycles. The second kappa shape index (κ2) is 66.5. The molecule has 5 fully saturated rings. The number of aliphatic carboxylic acids is 3. The fraction of sp³-hybridized carbons (Fsp3) is 0.763. The predicted octanol–water partition coefficient (Wildman–Crippen LogP) is 7.21. The van der Waals surface area contributed by atoms with Crippen LogP contribution in [0.15, 0.2) is 36.5 Å². The third-order valence-electron chi connectivity index (χ3n) is 23.8. The molecule has 4 aliphatic heterocycles. The number of hydrogen-bond donors (Lipinski definition) is 16. The normalized spacial score (nSPS) is 19.3. The number of likely N-dealkylation sites (N-methyl/N-ethyl adjacent to an activating group) is 5. The molecule has 0 aromatic rings. The smallest absolute Gasteiger partial charge is 0.411 e. The maximum atomic E-state index is 13.2. The average molecular weight is 1910 g/mol. The molecule has 38 nitrogen and oxygen atoms in total. The Kier molecular flexibility index (Phi) is 61.6. The SMILES string of the molecule is CC(C)(C)OC(=O)N1CCCC1C(=O)O.CC(C)[C@H](NC(=O)C1CCCC1)C(=O)O.CCC[C@H](NC(=O)[C@@H](CC(=O)C1CCCN1)C(C)C)C(=O)CC.CCC[C@H](NC(=O)[C@@H](NC(=O)C1CCCN1C(=O)[C@@H](C)/C=C/[C@H](C)NC)C(C)C)C(=O)NC.CCOC(=O)NCC[C@H](NC(=O)[C@@H](NC(=O)C1CCCN1C(=O)[C@@H](C)/C=C/[C@H](C)NC)C(C)C)C(=O)NC.CNC(C)/C=C/[C@H](C)C(=O)O. The Balaban J connectivity index is 0.00000168. The number of alkyl carbamates (subject to hydrolysis) is 1. The lowest BCUT2D eigenvalue weighted by Crippen LogP contribution is -2.58. The monoisotopic (exact) mass is 1910 g/mol. The van der Waals surface area contributed by atoms with Gasteiger partial charge in [-0.15, -0.1) is 0 Å². The molecule has 16 N–H and O–H groups in total. The Bertz CT molecular complexity index is 3800. The number of carboxylic acid groups (broad SMARTS) is 3. The van der Waals surface area contributed by atoms with Gasteiger partial charge < -0.3 is 104 Å². The van der Waals surface area contributed by atoms with Gasteiger partial charge in [-0.25, -0.2) is 19.2 Å². The average Bonchev–Trinajstić information content (AvgIpc) is 1.71. The molecule has 0 aromatic heterocycles. The number of ketones is 2. The van der Waals surface area contributed by atoms with Crippen LogP contribution in [-0.2, 0) is 81.4 Å². The van der Waals surface area contributed by atoms with Gasteiger partial charge in [-0.1, -0.05) is 152 Å². The predicted molar refractivity (Wildman–Crippen MR) is 519 cm³/mol. The molecule has 135 heavy (non-hydrogen) atoms.